The van der Waals surface area contributed by atoms with Crippen LogP contribution >= 0.6 is 23.2 Å². The van der Waals surface area contributed by atoms with E-state index in [1.807, 2.05) is 0 Å². The average Bonchev–Trinajstić information content (AvgIpc) is 2.90. The zero-order valence-electron chi connectivity index (χ0n) is 10.5. The molecule has 0 fully saturated rings. The van der Waals surface area contributed by atoms with E-state index in [0.29, 0.717) is 28.6 Å². The van der Waals surface area contributed by atoms with E-state index in [-0.39, 0.29) is 5.78 Å². The smallest absolute Gasteiger partial charge is 0.187 e. The highest BCUT2D eigenvalue weighted by molar-refractivity contribution is 6.30. The molecule has 0 N–H and O–H groups in total. The molecule has 1 aromatic carbocycles. The summed E-state index contributed by atoms with van der Waals surface area (Å²) in [5, 5.41) is 4.53. The molecule has 0 amide bonds. The van der Waals surface area contributed by atoms with Crippen LogP contribution in [0, 0.1) is 6.57 Å². The first-order chi connectivity index (χ1) is 9.65. The summed E-state index contributed by atoms with van der Waals surface area (Å²) in [6, 6.07) is 6.09. The summed E-state index contributed by atoms with van der Waals surface area (Å²) < 4.78 is 1.51. The lowest BCUT2D eigenvalue weighted by Crippen LogP contribution is -2.20. The summed E-state index contributed by atoms with van der Waals surface area (Å²) in [5.41, 5.74) is 0.902. The third-order valence-corrected chi connectivity index (χ3v) is 3.25. The summed E-state index contributed by atoms with van der Waals surface area (Å²) >= 11 is 11.6. The Bertz CT molecular complexity index is 660. The Labute approximate surface area is 126 Å². The molecular formula is C14H11Cl2N3O. The Kier molecular flexibility index (Phi) is 4.78. The molecule has 1 unspecified atom stereocenters. The van der Waals surface area contributed by atoms with Gasteiger partial charge in [-0.2, -0.15) is 5.10 Å². The summed E-state index contributed by atoms with van der Waals surface area (Å²) in [7, 11) is 0. The number of ketones is 1. The molecule has 4 nitrogen and oxygen atoms in total. The van der Waals surface area contributed by atoms with Gasteiger partial charge in [0.15, 0.2) is 11.5 Å². The first-order valence-electron chi connectivity index (χ1n) is 5.93. The van der Waals surface area contributed by atoms with Crippen molar-refractivity contribution >= 4 is 34.7 Å². The Balaban J connectivity index is 2.34. The second kappa shape index (κ2) is 6.56. The van der Waals surface area contributed by atoms with Gasteiger partial charge in [0.25, 0.3) is 0 Å². The van der Waals surface area contributed by atoms with Crippen molar-refractivity contribution in [2.75, 3.05) is 5.88 Å². The highest BCUT2D eigenvalue weighted by Gasteiger charge is 2.22. The van der Waals surface area contributed by atoms with Crippen LogP contribution in [-0.2, 0) is 0 Å². The standard InChI is InChI=1S/C14H11Cl2N3O/c1-17-12-4-2-3-10(7-12)14(20)13(5-6-15)19-9-11(16)8-18-19/h2-4,7-9,13H,5-6H2. The number of aromatic nitrogens is 2. The predicted molar refractivity (Wildman–Crippen MR) is 78.6 cm³/mol. The molecular weight excluding hydrogens is 297 g/mol. The lowest BCUT2D eigenvalue weighted by molar-refractivity contribution is 0.0915. The maximum absolute atomic E-state index is 12.5. The molecule has 6 heteroatoms. The molecule has 1 heterocycles. The molecule has 1 aromatic heterocycles. The van der Waals surface area contributed by atoms with Crippen molar-refractivity contribution in [3.63, 3.8) is 0 Å². The lowest BCUT2D eigenvalue weighted by Gasteiger charge is -2.15. The second-order valence-corrected chi connectivity index (χ2v) is 4.97. The first kappa shape index (κ1) is 14.6. The van der Waals surface area contributed by atoms with Crippen molar-refractivity contribution in [2.45, 2.75) is 12.5 Å². The molecule has 0 aliphatic rings. The molecule has 2 aromatic rings. The second-order valence-electron chi connectivity index (χ2n) is 4.16. The minimum absolute atomic E-state index is 0.129. The van der Waals surface area contributed by atoms with E-state index in [4.69, 9.17) is 29.8 Å². The number of Topliss-reactive ketones (excluding diaryl/α,β-unsaturated/α-hetero) is 1. The number of carbonyl (C=O) groups is 1. The van der Waals surface area contributed by atoms with Crippen LogP contribution in [0.4, 0.5) is 5.69 Å². The third kappa shape index (κ3) is 3.19. The van der Waals surface area contributed by atoms with Crippen molar-refractivity contribution in [1.29, 1.82) is 0 Å². The monoisotopic (exact) mass is 307 g/mol. The Morgan fingerprint density at radius 3 is 2.90 bits per heavy atom. The minimum Gasteiger partial charge on any atom is -0.292 e. The van der Waals surface area contributed by atoms with Crippen LogP contribution in [0.3, 0.4) is 0 Å². The van der Waals surface area contributed by atoms with E-state index in [9.17, 15) is 4.79 Å². The van der Waals surface area contributed by atoms with Gasteiger partial charge in [0, 0.05) is 17.6 Å². The maximum atomic E-state index is 12.5. The van der Waals surface area contributed by atoms with Gasteiger partial charge in [0.2, 0.25) is 0 Å². The number of halogens is 2. The Morgan fingerprint density at radius 2 is 2.30 bits per heavy atom. The van der Waals surface area contributed by atoms with E-state index in [1.54, 1.807) is 30.5 Å². The number of alkyl halides is 1. The molecule has 0 saturated heterocycles. The average molecular weight is 308 g/mol. The van der Waals surface area contributed by atoms with Crippen LogP contribution < -0.4 is 0 Å². The van der Waals surface area contributed by atoms with E-state index in [2.05, 4.69) is 9.94 Å². The molecule has 2 rings (SSSR count). The van der Waals surface area contributed by atoms with E-state index >= 15 is 0 Å². The number of carbonyl (C=O) groups excluding carboxylic acids is 1. The summed E-state index contributed by atoms with van der Waals surface area (Å²) in [4.78, 5) is 15.9. The maximum Gasteiger partial charge on any atom is 0.187 e. The van der Waals surface area contributed by atoms with Crippen molar-refractivity contribution in [3.8, 4) is 0 Å². The van der Waals surface area contributed by atoms with Crippen LogP contribution in [-0.4, -0.2) is 21.4 Å². The Morgan fingerprint density at radius 1 is 1.50 bits per heavy atom. The van der Waals surface area contributed by atoms with Gasteiger partial charge in [-0.15, -0.1) is 11.6 Å². The van der Waals surface area contributed by atoms with Crippen LogP contribution in [0.1, 0.15) is 22.8 Å². The number of hydrogen-bond acceptors (Lipinski definition) is 2. The van der Waals surface area contributed by atoms with E-state index < -0.39 is 6.04 Å². The van der Waals surface area contributed by atoms with Gasteiger partial charge in [-0.3, -0.25) is 9.48 Å². The topological polar surface area (TPSA) is 39.2 Å². The summed E-state index contributed by atoms with van der Waals surface area (Å²) in [6.45, 7) is 6.99. The van der Waals surface area contributed by atoms with Crippen LogP contribution in [0.2, 0.25) is 5.02 Å². The largest absolute Gasteiger partial charge is 0.292 e. The van der Waals surface area contributed by atoms with Crippen LogP contribution in [0.5, 0.6) is 0 Å². The number of hydrogen-bond donors (Lipinski definition) is 0. The lowest BCUT2D eigenvalue weighted by atomic mass is 10.0. The van der Waals surface area contributed by atoms with E-state index in [1.165, 1.54) is 10.9 Å². The summed E-state index contributed by atoms with van der Waals surface area (Å²) in [6.07, 6.45) is 3.52. The number of nitrogens with zero attached hydrogens (tertiary/aromatic N) is 3. The fourth-order valence-electron chi connectivity index (χ4n) is 1.89. The van der Waals surface area contributed by atoms with Gasteiger partial charge in [0.1, 0.15) is 6.04 Å². The van der Waals surface area contributed by atoms with Crippen molar-refractivity contribution in [3.05, 3.63) is 58.7 Å². The zero-order valence-corrected chi connectivity index (χ0v) is 12.0. The first-order valence-corrected chi connectivity index (χ1v) is 6.84. The van der Waals surface area contributed by atoms with Crippen molar-refractivity contribution in [2.24, 2.45) is 0 Å². The predicted octanol–water partition coefficient (Wildman–Crippen LogP) is 4.14. The van der Waals surface area contributed by atoms with Gasteiger partial charge >= 0.3 is 0 Å². The van der Waals surface area contributed by atoms with Gasteiger partial charge in [-0.05, 0) is 12.5 Å². The van der Waals surface area contributed by atoms with Gasteiger partial charge in [0.05, 0.1) is 17.8 Å². The fourth-order valence-corrected chi connectivity index (χ4v) is 2.24. The minimum atomic E-state index is -0.513. The molecule has 102 valence electrons. The molecule has 0 spiro atoms. The molecule has 0 saturated carbocycles. The molecule has 0 bridgehead atoms. The fraction of sp³-hybridized carbons (Fsp3) is 0.214. The molecule has 0 aliphatic heterocycles. The molecule has 1 atom stereocenters. The van der Waals surface area contributed by atoms with Gasteiger partial charge in [-0.25, -0.2) is 4.85 Å². The quantitative estimate of drug-likeness (QED) is 0.473. The number of benzene rings is 1. The van der Waals surface area contributed by atoms with Crippen molar-refractivity contribution in [1.82, 2.24) is 9.78 Å². The molecule has 20 heavy (non-hydrogen) atoms. The third-order valence-electron chi connectivity index (χ3n) is 2.83. The summed E-state index contributed by atoms with van der Waals surface area (Å²) in [5.74, 6) is 0.201. The van der Waals surface area contributed by atoms with Gasteiger partial charge < -0.3 is 0 Å². The highest BCUT2D eigenvalue weighted by atomic mass is 35.5. The van der Waals surface area contributed by atoms with E-state index in [0.717, 1.165) is 0 Å². The normalized spacial score (nSPS) is 11.8. The van der Waals surface area contributed by atoms with Crippen LogP contribution in [0.15, 0.2) is 36.7 Å². The molecule has 0 radical (unpaired) electrons. The molecule has 0 aliphatic carbocycles. The zero-order chi connectivity index (χ0) is 14.5. The van der Waals surface area contributed by atoms with Crippen molar-refractivity contribution < 1.29 is 4.79 Å². The van der Waals surface area contributed by atoms with Crippen LogP contribution in [0.25, 0.3) is 4.85 Å². The number of rotatable bonds is 5. The SMILES string of the molecule is [C-]#[N+]c1cccc(C(=O)C(CCCl)n2cc(Cl)cn2)c1. The Hall–Kier alpha value is -1.83. The highest BCUT2D eigenvalue weighted by Crippen LogP contribution is 2.23. The van der Waals surface area contributed by atoms with Gasteiger partial charge in [-0.1, -0.05) is 29.8 Å².